The highest BCUT2D eigenvalue weighted by Crippen LogP contribution is 2.72. The van der Waals surface area contributed by atoms with Crippen molar-refractivity contribution in [2.45, 2.75) is 39.0 Å². The van der Waals surface area contributed by atoms with Gasteiger partial charge in [0.15, 0.2) is 5.78 Å². The molecule has 0 aromatic carbocycles. The maximum atomic E-state index is 11.9. The van der Waals surface area contributed by atoms with Crippen molar-refractivity contribution in [1.29, 1.82) is 0 Å². The minimum absolute atomic E-state index is 0.0330. The lowest BCUT2D eigenvalue weighted by Gasteiger charge is -2.66. The molecule has 29 heavy (non-hydrogen) atoms. The molecule has 6 heteroatoms. The Bertz CT molecular complexity index is 1180. The molecule has 3 aliphatic rings. The van der Waals surface area contributed by atoms with Crippen molar-refractivity contribution in [3.63, 3.8) is 0 Å². The zero-order chi connectivity index (χ0) is 20.3. The van der Waals surface area contributed by atoms with E-state index in [1.165, 1.54) is 0 Å². The van der Waals surface area contributed by atoms with Crippen LogP contribution in [0, 0.1) is 18.3 Å². The number of nitrogens with zero attached hydrogens (tertiary/aromatic N) is 3. The first-order valence-corrected chi connectivity index (χ1v) is 9.99. The van der Waals surface area contributed by atoms with E-state index in [9.17, 15) is 9.59 Å². The molecule has 1 amide bonds. The van der Waals surface area contributed by atoms with Crippen molar-refractivity contribution in [2.24, 2.45) is 17.1 Å². The van der Waals surface area contributed by atoms with E-state index in [2.05, 4.69) is 15.0 Å². The second-order valence-electron chi connectivity index (χ2n) is 8.35. The minimum atomic E-state index is -0.376. The first kappa shape index (κ1) is 17.9. The van der Waals surface area contributed by atoms with Gasteiger partial charge in [-0.05, 0) is 49.4 Å². The molecular weight excluding hydrogens is 364 g/mol. The van der Waals surface area contributed by atoms with E-state index in [4.69, 9.17) is 5.73 Å². The van der Waals surface area contributed by atoms with E-state index in [0.29, 0.717) is 18.0 Å². The first-order chi connectivity index (χ1) is 13.9. The van der Waals surface area contributed by atoms with Crippen LogP contribution in [0.5, 0.6) is 0 Å². The number of aryl methyl sites for hydroxylation is 1. The normalized spacial score (nSPS) is 24.6. The highest BCUT2D eigenvalue weighted by molar-refractivity contribution is 5.94. The number of primary amides is 1. The molecule has 1 atom stereocenters. The Morgan fingerprint density at radius 1 is 1.07 bits per heavy atom. The van der Waals surface area contributed by atoms with Gasteiger partial charge in [0, 0.05) is 53.0 Å². The second kappa shape index (κ2) is 6.17. The highest BCUT2D eigenvalue weighted by Gasteiger charge is 2.69. The van der Waals surface area contributed by atoms with Gasteiger partial charge in [0.1, 0.15) is 5.69 Å². The molecule has 3 fully saturated rings. The Kier molecular flexibility index (Phi) is 3.81. The number of pyridine rings is 3. The van der Waals surface area contributed by atoms with Gasteiger partial charge in [-0.25, -0.2) is 0 Å². The summed E-state index contributed by atoms with van der Waals surface area (Å²) in [5.41, 5.74) is 9.36. The van der Waals surface area contributed by atoms with Gasteiger partial charge in [-0.3, -0.25) is 24.5 Å². The monoisotopic (exact) mass is 386 g/mol. The van der Waals surface area contributed by atoms with Crippen LogP contribution in [0.25, 0.3) is 22.0 Å². The van der Waals surface area contributed by atoms with Gasteiger partial charge >= 0.3 is 0 Å². The van der Waals surface area contributed by atoms with Crippen LogP contribution in [0.2, 0.25) is 0 Å². The summed E-state index contributed by atoms with van der Waals surface area (Å²) in [5.74, 6) is 0.510. The number of nitrogens with two attached hydrogens (primary N) is 1. The summed E-state index contributed by atoms with van der Waals surface area (Å²) >= 11 is 0. The van der Waals surface area contributed by atoms with Gasteiger partial charge in [0.05, 0.1) is 11.1 Å². The minimum Gasteiger partial charge on any atom is -0.369 e. The number of carbonyl (C=O) groups excluding carboxylic acids is 2. The Morgan fingerprint density at radius 3 is 2.41 bits per heavy atom. The van der Waals surface area contributed by atoms with Gasteiger partial charge < -0.3 is 5.73 Å². The molecule has 0 saturated heterocycles. The number of Topliss-reactive ketones (excluding diaryl/α,β-unsaturated/α-hetero) is 1. The molecule has 6 nitrogen and oxygen atoms in total. The van der Waals surface area contributed by atoms with Crippen LogP contribution in [-0.2, 0) is 4.79 Å². The summed E-state index contributed by atoms with van der Waals surface area (Å²) in [5, 5.41) is 1.97. The molecule has 3 aliphatic carbocycles. The SMILES string of the molecule is CCC(=O)c1cc(C)c(-c2cc3cnc(C4C5CC4(C(N)=O)C5)cc3cn2)cn1. The average molecular weight is 386 g/mol. The molecule has 0 aliphatic heterocycles. The van der Waals surface area contributed by atoms with E-state index in [-0.39, 0.29) is 23.0 Å². The van der Waals surface area contributed by atoms with E-state index in [1.54, 1.807) is 6.20 Å². The first-order valence-electron chi connectivity index (χ1n) is 9.99. The fraction of sp³-hybridized carbons (Fsp3) is 0.348. The van der Waals surface area contributed by atoms with Gasteiger partial charge in [0.2, 0.25) is 5.91 Å². The Balaban J connectivity index is 1.48. The van der Waals surface area contributed by atoms with E-state index < -0.39 is 0 Å². The maximum Gasteiger partial charge on any atom is 0.224 e. The molecule has 2 N–H and O–H groups in total. The average Bonchev–Trinajstić information content (AvgIpc) is 2.64. The molecule has 146 valence electrons. The smallest absolute Gasteiger partial charge is 0.224 e. The topological polar surface area (TPSA) is 98.8 Å². The second-order valence-corrected chi connectivity index (χ2v) is 8.35. The molecule has 2 bridgehead atoms. The van der Waals surface area contributed by atoms with E-state index >= 15 is 0 Å². The van der Waals surface area contributed by atoms with Crippen LogP contribution in [0.4, 0.5) is 0 Å². The number of ketones is 1. The van der Waals surface area contributed by atoms with Crippen LogP contribution in [0.3, 0.4) is 0 Å². The van der Waals surface area contributed by atoms with Crippen LogP contribution in [0.15, 0.2) is 36.8 Å². The quantitative estimate of drug-likeness (QED) is 0.676. The standard InChI is InChI=1S/C23H22N4O2/c1-3-20(28)18-4-12(2)16(11-27-18)17-5-13-10-26-19(6-14(13)9-25-17)21-15-7-23(21,8-15)22(24)29/h4-6,9-11,15,21H,3,7-8H2,1-2H3,(H2,24,29). The summed E-state index contributed by atoms with van der Waals surface area (Å²) < 4.78 is 0. The largest absolute Gasteiger partial charge is 0.369 e. The zero-order valence-electron chi connectivity index (χ0n) is 16.5. The fourth-order valence-corrected chi connectivity index (χ4v) is 4.90. The third-order valence-electron chi connectivity index (χ3n) is 6.75. The third kappa shape index (κ3) is 2.51. The molecular formula is C23H22N4O2. The Morgan fingerprint density at radius 2 is 1.79 bits per heavy atom. The molecule has 0 radical (unpaired) electrons. The number of hydrogen-bond donors (Lipinski definition) is 1. The van der Waals surface area contributed by atoms with Gasteiger partial charge in [0.25, 0.3) is 0 Å². The molecule has 0 spiro atoms. The number of fused-ring (bicyclic) bond motifs is 1. The van der Waals surface area contributed by atoms with E-state index in [1.807, 2.05) is 44.4 Å². The summed E-state index contributed by atoms with van der Waals surface area (Å²) in [4.78, 5) is 37.3. The third-order valence-corrected chi connectivity index (χ3v) is 6.75. The van der Waals surface area contributed by atoms with Crippen LogP contribution in [-0.4, -0.2) is 26.6 Å². The maximum absolute atomic E-state index is 11.9. The van der Waals surface area contributed by atoms with Gasteiger partial charge in [-0.2, -0.15) is 0 Å². The number of hydrogen-bond acceptors (Lipinski definition) is 5. The van der Waals surface area contributed by atoms with Crippen molar-refractivity contribution in [3.8, 4) is 11.3 Å². The van der Waals surface area contributed by atoms with E-state index in [0.717, 1.165) is 46.1 Å². The van der Waals surface area contributed by atoms with Crippen molar-refractivity contribution >= 4 is 22.5 Å². The molecule has 3 aromatic rings. The number of rotatable bonds is 5. The summed E-state index contributed by atoms with van der Waals surface area (Å²) in [6, 6.07) is 5.84. The van der Waals surface area contributed by atoms with Gasteiger partial charge in [-0.15, -0.1) is 0 Å². The van der Waals surface area contributed by atoms with Crippen molar-refractivity contribution in [3.05, 3.63) is 53.7 Å². The fourth-order valence-electron chi connectivity index (χ4n) is 4.90. The molecule has 3 heterocycles. The van der Waals surface area contributed by atoms with Crippen LogP contribution in [0.1, 0.15) is 53.8 Å². The lowest BCUT2D eigenvalue weighted by atomic mass is 9.36. The zero-order valence-corrected chi connectivity index (χ0v) is 16.5. The predicted octanol–water partition coefficient (Wildman–Crippen LogP) is 3.57. The lowest BCUT2D eigenvalue weighted by Crippen LogP contribution is -2.65. The molecule has 3 aromatic heterocycles. The van der Waals surface area contributed by atoms with Crippen molar-refractivity contribution in [1.82, 2.24) is 15.0 Å². The molecule has 3 saturated carbocycles. The Hall–Kier alpha value is -3.15. The number of carbonyl (C=O) groups is 2. The molecule has 1 unspecified atom stereocenters. The Labute approximate surface area is 168 Å². The lowest BCUT2D eigenvalue weighted by molar-refractivity contribution is -0.173. The summed E-state index contributed by atoms with van der Waals surface area (Å²) in [6.07, 6.45) is 7.63. The summed E-state index contributed by atoms with van der Waals surface area (Å²) in [7, 11) is 0. The number of amides is 1. The highest BCUT2D eigenvalue weighted by atomic mass is 16.1. The van der Waals surface area contributed by atoms with Gasteiger partial charge in [-0.1, -0.05) is 6.92 Å². The molecule has 6 rings (SSSR count). The van der Waals surface area contributed by atoms with Crippen molar-refractivity contribution < 1.29 is 9.59 Å². The summed E-state index contributed by atoms with van der Waals surface area (Å²) in [6.45, 7) is 3.79. The number of aromatic nitrogens is 3. The predicted molar refractivity (Wildman–Crippen MR) is 109 cm³/mol. The van der Waals surface area contributed by atoms with Crippen LogP contribution >= 0.6 is 0 Å². The van der Waals surface area contributed by atoms with Crippen LogP contribution < -0.4 is 5.73 Å². The van der Waals surface area contributed by atoms with Crippen molar-refractivity contribution in [2.75, 3.05) is 0 Å².